The number of nitrogens with zero attached hydrogens (tertiary/aromatic N) is 2. The molecule has 2 aromatic rings. The molecule has 1 heterocycles. The number of anilines is 1. The first-order chi connectivity index (χ1) is 9.24. The average Bonchev–Trinajstić information content (AvgIpc) is 2.66. The van der Waals surface area contributed by atoms with Crippen LogP contribution in [-0.4, -0.2) is 21.5 Å². The second-order valence-corrected chi connectivity index (χ2v) is 6.01. The fraction of sp³-hybridized carbons (Fsp3) is 0.385. The van der Waals surface area contributed by atoms with E-state index in [1.807, 2.05) is 13.0 Å². The fourth-order valence-corrected chi connectivity index (χ4v) is 2.45. The van der Waals surface area contributed by atoms with Crippen LogP contribution in [0.25, 0.3) is 10.9 Å². The van der Waals surface area contributed by atoms with Gasteiger partial charge in [-0.25, -0.2) is 4.79 Å². The first-order valence-electron chi connectivity index (χ1n) is 6.06. The molecule has 0 spiro atoms. The highest BCUT2D eigenvalue weighted by Gasteiger charge is 2.22. The van der Waals surface area contributed by atoms with Gasteiger partial charge in [-0.1, -0.05) is 24.4 Å². The van der Waals surface area contributed by atoms with Gasteiger partial charge in [0.2, 0.25) is 0 Å². The molecule has 0 aliphatic carbocycles. The van der Waals surface area contributed by atoms with Gasteiger partial charge in [-0.2, -0.15) is 4.68 Å². The predicted molar refractivity (Wildman–Crippen MR) is 83.7 cm³/mol. The number of hydrogen-bond donors (Lipinski definition) is 2. The average molecular weight is 314 g/mol. The van der Waals surface area contributed by atoms with E-state index in [2.05, 4.69) is 22.6 Å². The van der Waals surface area contributed by atoms with Gasteiger partial charge in [-0.05, 0) is 45.4 Å². The van der Waals surface area contributed by atoms with Gasteiger partial charge in [-0.3, -0.25) is 0 Å². The first-order valence-corrected chi connectivity index (χ1v) is 6.88. The summed E-state index contributed by atoms with van der Waals surface area (Å²) in [5.41, 5.74) is 1.70. The molecule has 0 amide bonds. The lowest BCUT2D eigenvalue weighted by molar-refractivity contribution is 0.0523. The van der Waals surface area contributed by atoms with Gasteiger partial charge in [0.1, 0.15) is 5.60 Å². The summed E-state index contributed by atoms with van der Waals surface area (Å²) in [6.07, 6.45) is -0.555. The van der Waals surface area contributed by atoms with Gasteiger partial charge in [0.25, 0.3) is 0 Å². The largest absolute Gasteiger partial charge is 0.442 e. The van der Waals surface area contributed by atoms with Crippen molar-refractivity contribution in [2.45, 2.75) is 33.3 Å². The number of thiol groups is 1. The second-order valence-electron chi connectivity index (χ2n) is 5.43. The van der Waals surface area contributed by atoms with Crippen molar-refractivity contribution in [1.82, 2.24) is 9.78 Å². The second kappa shape index (κ2) is 5.18. The molecule has 0 fully saturated rings. The SMILES string of the molecule is Cc1c(NS)ccc2c1c(Cl)nn2C(=O)OC(C)(C)C. The molecule has 108 valence electrons. The summed E-state index contributed by atoms with van der Waals surface area (Å²) in [6, 6.07) is 3.56. The molecule has 0 unspecified atom stereocenters. The Hall–Kier alpha value is -1.40. The van der Waals surface area contributed by atoms with E-state index in [0.29, 0.717) is 10.9 Å². The lowest BCUT2D eigenvalue weighted by Crippen LogP contribution is -2.27. The molecule has 0 aliphatic rings. The number of carbonyl (C=O) groups excluding carboxylic acids is 1. The standard InChI is InChI=1S/C13H16ClN3O2S/c1-7-8(16-20)5-6-9-10(7)11(14)15-17(9)12(18)19-13(2,3)4/h5-6,16,20H,1-4H3. The van der Waals surface area contributed by atoms with Gasteiger partial charge >= 0.3 is 6.09 Å². The van der Waals surface area contributed by atoms with E-state index in [-0.39, 0.29) is 5.15 Å². The summed E-state index contributed by atoms with van der Waals surface area (Å²) in [5, 5.41) is 5.03. The molecule has 20 heavy (non-hydrogen) atoms. The molecule has 1 N–H and O–H groups in total. The maximum absolute atomic E-state index is 12.1. The Labute approximate surface area is 127 Å². The van der Waals surface area contributed by atoms with Crippen molar-refractivity contribution < 1.29 is 9.53 Å². The Balaban J connectivity index is 2.57. The molecular weight excluding hydrogens is 298 g/mol. The van der Waals surface area contributed by atoms with Gasteiger partial charge in [0.05, 0.1) is 5.52 Å². The van der Waals surface area contributed by atoms with Crippen molar-refractivity contribution in [3.05, 3.63) is 22.8 Å². The van der Waals surface area contributed by atoms with Crippen LogP contribution < -0.4 is 4.72 Å². The number of halogens is 1. The monoisotopic (exact) mass is 313 g/mol. The summed E-state index contributed by atoms with van der Waals surface area (Å²) in [7, 11) is 0. The summed E-state index contributed by atoms with van der Waals surface area (Å²) in [4.78, 5) is 12.1. The maximum atomic E-state index is 12.1. The topological polar surface area (TPSA) is 56.2 Å². The Morgan fingerprint density at radius 1 is 1.45 bits per heavy atom. The molecule has 0 saturated heterocycles. The molecule has 0 saturated carbocycles. The van der Waals surface area contributed by atoms with Crippen LogP contribution in [0.5, 0.6) is 0 Å². The third-order valence-corrected chi connectivity index (χ3v) is 3.26. The minimum absolute atomic E-state index is 0.258. The van der Waals surface area contributed by atoms with Crippen LogP contribution in [0.3, 0.4) is 0 Å². The number of ether oxygens (including phenoxy) is 1. The number of carbonyl (C=O) groups is 1. The third kappa shape index (κ3) is 2.71. The van der Waals surface area contributed by atoms with Crippen LogP contribution in [0.15, 0.2) is 12.1 Å². The lowest BCUT2D eigenvalue weighted by Gasteiger charge is -2.19. The van der Waals surface area contributed by atoms with Gasteiger partial charge in [0.15, 0.2) is 5.15 Å². The summed E-state index contributed by atoms with van der Waals surface area (Å²) in [5.74, 6) is 0. The van der Waals surface area contributed by atoms with E-state index >= 15 is 0 Å². The van der Waals surface area contributed by atoms with E-state index in [4.69, 9.17) is 16.3 Å². The molecule has 0 aliphatic heterocycles. The molecular formula is C13H16ClN3O2S. The number of benzene rings is 1. The maximum Gasteiger partial charge on any atom is 0.435 e. The molecule has 5 nitrogen and oxygen atoms in total. The minimum atomic E-state index is -0.594. The van der Waals surface area contributed by atoms with Crippen molar-refractivity contribution in [3.8, 4) is 0 Å². The van der Waals surface area contributed by atoms with Crippen LogP contribution >= 0.6 is 24.4 Å². The van der Waals surface area contributed by atoms with Gasteiger partial charge < -0.3 is 9.46 Å². The molecule has 7 heteroatoms. The number of rotatable bonds is 1. The van der Waals surface area contributed by atoms with Crippen molar-refractivity contribution >= 4 is 47.1 Å². The molecule has 2 rings (SSSR count). The van der Waals surface area contributed by atoms with E-state index in [9.17, 15) is 4.79 Å². The van der Waals surface area contributed by atoms with Crippen LogP contribution in [0.2, 0.25) is 5.15 Å². The Morgan fingerprint density at radius 2 is 2.10 bits per heavy atom. The summed E-state index contributed by atoms with van der Waals surface area (Å²) >= 11 is 10.2. The van der Waals surface area contributed by atoms with Crippen LogP contribution in [-0.2, 0) is 4.74 Å². The zero-order chi connectivity index (χ0) is 15.1. The van der Waals surface area contributed by atoms with Crippen molar-refractivity contribution in [2.24, 2.45) is 0 Å². The van der Waals surface area contributed by atoms with Crippen LogP contribution in [0.1, 0.15) is 26.3 Å². The number of fused-ring (bicyclic) bond motifs is 1. The highest BCUT2D eigenvalue weighted by atomic mass is 35.5. The molecule has 1 aromatic carbocycles. The molecule has 1 aromatic heterocycles. The summed E-state index contributed by atoms with van der Waals surface area (Å²) < 4.78 is 9.27. The minimum Gasteiger partial charge on any atom is -0.442 e. The highest BCUT2D eigenvalue weighted by Crippen LogP contribution is 2.31. The number of hydrogen-bond acceptors (Lipinski definition) is 5. The molecule has 0 atom stereocenters. The van der Waals surface area contributed by atoms with Crippen LogP contribution in [0, 0.1) is 6.92 Å². The zero-order valence-electron chi connectivity index (χ0n) is 11.7. The Kier molecular flexibility index (Phi) is 3.88. The third-order valence-electron chi connectivity index (χ3n) is 2.75. The Morgan fingerprint density at radius 3 is 2.65 bits per heavy atom. The van der Waals surface area contributed by atoms with E-state index in [1.165, 1.54) is 4.68 Å². The smallest absolute Gasteiger partial charge is 0.435 e. The number of aromatic nitrogens is 2. The van der Waals surface area contributed by atoms with E-state index in [0.717, 1.165) is 11.3 Å². The van der Waals surface area contributed by atoms with Crippen LogP contribution in [0.4, 0.5) is 10.5 Å². The lowest BCUT2D eigenvalue weighted by atomic mass is 10.1. The van der Waals surface area contributed by atoms with Crippen molar-refractivity contribution in [1.29, 1.82) is 0 Å². The number of aryl methyl sites for hydroxylation is 1. The molecule has 0 radical (unpaired) electrons. The fourth-order valence-electron chi connectivity index (χ4n) is 1.89. The normalized spacial score (nSPS) is 11.7. The quantitative estimate of drug-likeness (QED) is 0.780. The predicted octanol–water partition coefficient (Wildman–Crippen LogP) is 4.04. The highest BCUT2D eigenvalue weighted by molar-refractivity contribution is 7.81. The molecule has 0 bridgehead atoms. The Bertz CT molecular complexity index is 676. The first kappa shape index (κ1) is 15.0. The van der Waals surface area contributed by atoms with Crippen molar-refractivity contribution in [2.75, 3.05) is 4.72 Å². The van der Waals surface area contributed by atoms with Gasteiger partial charge in [0, 0.05) is 11.1 Å². The van der Waals surface area contributed by atoms with Gasteiger partial charge in [-0.15, -0.1) is 5.10 Å². The summed E-state index contributed by atoms with van der Waals surface area (Å²) in [6.45, 7) is 7.28. The van der Waals surface area contributed by atoms with E-state index in [1.54, 1.807) is 26.8 Å². The zero-order valence-corrected chi connectivity index (χ0v) is 13.3. The van der Waals surface area contributed by atoms with Crippen molar-refractivity contribution in [3.63, 3.8) is 0 Å². The number of nitrogens with one attached hydrogen (secondary N) is 1. The van der Waals surface area contributed by atoms with E-state index < -0.39 is 11.7 Å².